The average Bonchev–Trinajstić information content (AvgIpc) is 2.79. The molecule has 0 saturated carbocycles. The van der Waals surface area contributed by atoms with Crippen molar-refractivity contribution in [3.63, 3.8) is 0 Å². The molecule has 1 amide bonds. The highest BCUT2D eigenvalue weighted by molar-refractivity contribution is 6.30. The van der Waals surface area contributed by atoms with Crippen molar-refractivity contribution in [2.24, 2.45) is 0 Å². The highest BCUT2D eigenvalue weighted by atomic mass is 35.5. The number of nitrogens with two attached hydrogens (primary N) is 1. The first-order chi connectivity index (χ1) is 10.0. The van der Waals surface area contributed by atoms with Gasteiger partial charge < -0.3 is 15.5 Å². The van der Waals surface area contributed by atoms with Crippen molar-refractivity contribution in [2.75, 3.05) is 11.1 Å². The topological polar surface area (TPSA) is 94.0 Å². The number of nitrogen functional groups attached to an aromatic ring is 1. The van der Waals surface area contributed by atoms with Gasteiger partial charge in [0.2, 0.25) is 5.76 Å². The minimum atomic E-state index is -0.531. The van der Waals surface area contributed by atoms with Gasteiger partial charge in [-0.25, -0.2) is 9.97 Å². The van der Waals surface area contributed by atoms with E-state index in [1.807, 2.05) is 0 Å². The van der Waals surface area contributed by atoms with Gasteiger partial charge in [-0.2, -0.15) is 0 Å². The molecular formula is C13H8Cl2N4O2. The Labute approximate surface area is 128 Å². The fraction of sp³-hybridized carbons (Fsp3) is 0. The molecule has 0 aliphatic carbocycles. The van der Waals surface area contributed by atoms with E-state index in [1.165, 1.54) is 6.20 Å². The molecule has 0 fully saturated rings. The normalized spacial score (nSPS) is 10.8. The Morgan fingerprint density at radius 3 is 2.76 bits per heavy atom. The largest absolute Gasteiger partial charge is 0.447 e. The average molecular weight is 323 g/mol. The number of carbonyl (C=O) groups excluding carboxylic acids is 1. The van der Waals surface area contributed by atoms with Gasteiger partial charge in [0.25, 0.3) is 5.91 Å². The first-order valence-corrected chi connectivity index (χ1v) is 6.57. The van der Waals surface area contributed by atoms with E-state index in [1.54, 1.807) is 24.3 Å². The molecule has 3 heterocycles. The molecule has 8 heteroatoms. The van der Waals surface area contributed by atoms with E-state index in [4.69, 9.17) is 33.4 Å². The van der Waals surface area contributed by atoms with Crippen LogP contribution in [-0.2, 0) is 0 Å². The Morgan fingerprint density at radius 2 is 2.05 bits per heavy atom. The van der Waals surface area contributed by atoms with Gasteiger partial charge in [-0.1, -0.05) is 23.2 Å². The number of amides is 1. The Hall–Kier alpha value is -2.31. The molecular weight excluding hydrogens is 315 g/mol. The number of nitrogens with one attached hydrogen (secondary N) is 1. The third kappa shape index (κ3) is 2.63. The smallest absolute Gasteiger partial charge is 0.294 e. The Kier molecular flexibility index (Phi) is 3.40. The standard InChI is InChI=1S/C13H8Cl2N4O2/c14-6-1-4-9(17-5-6)19-13(20)12-10(16)11-7(21-12)2-3-8(15)18-11/h1-5H,16H2,(H,17,19,20). The molecule has 3 aromatic rings. The van der Waals surface area contributed by atoms with E-state index >= 15 is 0 Å². The van der Waals surface area contributed by atoms with Gasteiger partial charge in [0.15, 0.2) is 5.58 Å². The highest BCUT2D eigenvalue weighted by Crippen LogP contribution is 2.28. The van der Waals surface area contributed by atoms with Gasteiger partial charge in [-0.15, -0.1) is 0 Å². The fourth-order valence-electron chi connectivity index (χ4n) is 1.76. The number of nitrogens with zero attached hydrogens (tertiary/aromatic N) is 2. The zero-order chi connectivity index (χ0) is 15.0. The van der Waals surface area contributed by atoms with Gasteiger partial charge in [-0.3, -0.25) is 4.79 Å². The van der Waals surface area contributed by atoms with Crippen LogP contribution in [0.4, 0.5) is 11.5 Å². The van der Waals surface area contributed by atoms with Crippen LogP contribution in [-0.4, -0.2) is 15.9 Å². The summed E-state index contributed by atoms with van der Waals surface area (Å²) in [6.45, 7) is 0. The van der Waals surface area contributed by atoms with Crippen molar-refractivity contribution in [1.82, 2.24) is 9.97 Å². The number of anilines is 2. The number of aromatic nitrogens is 2. The van der Waals surface area contributed by atoms with Gasteiger partial charge >= 0.3 is 0 Å². The predicted octanol–water partition coefficient (Wildman–Crippen LogP) is 3.36. The number of rotatable bonds is 2. The van der Waals surface area contributed by atoms with E-state index in [2.05, 4.69) is 15.3 Å². The Balaban J connectivity index is 1.94. The fourth-order valence-corrected chi connectivity index (χ4v) is 2.02. The van der Waals surface area contributed by atoms with Crippen molar-refractivity contribution >= 4 is 51.7 Å². The second kappa shape index (κ2) is 5.23. The van der Waals surface area contributed by atoms with Gasteiger partial charge in [0.1, 0.15) is 22.2 Å². The zero-order valence-electron chi connectivity index (χ0n) is 10.4. The van der Waals surface area contributed by atoms with Gasteiger partial charge in [0, 0.05) is 6.20 Å². The molecule has 0 aliphatic heterocycles. The Bertz CT molecular complexity index is 830. The second-order valence-electron chi connectivity index (χ2n) is 4.14. The SMILES string of the molecule is Nc1c(C(=O)Nc2ccc(Cl)cn2)oc2ccc(Cl)nc12. The maximum Gasteiger partial charge on any atom is 0.294 e. The summed E-state index contributed by atoms with van der Waals surface area (Å²) in [5.41, 5.74) is 6.72. The third-order valence-electron chi connectivity index (χ3n) is 2.71. The van der Waals surface area contributed by atoms with Crippen molar-refractivity contribution < 1.29 is 9.21 Å². The van der Waals surface area contributed by atoms with Crippen molar-refractivity contribution in [3.8, 4) is 0 Å². The number of furan rings is 1. The summed E-state index contributed by atoms with van der Waals surface area (Å²) in [5.74, 6) is -0.247. The third-order valence-corrected chi connectivity index (χ3v) is 3.15. The molecule has 21 heavy (non-hydrogen) atoms. The highest BCUT2D eigenvalue weighted by Gasteiger charge is 2.20. The number of hydrogen-bond donors (Lipinski definition) is 2. The number of fused-ring (bicyclic) bond motifs is 1. The number of pyridine rings is 2. The summed E-state index contributed by atoms with van der Waals surface area (Å²) >= 11 is 11.5. The molecule has 0 atom stereocenters. The van der Waals surface area contributed by atoms with Crippen molar-refractivity contribution in [1.29, 1.82) is 0 Å². The van der Waals surface area contributed by atoms with E-state index in [0.717, 1.165) is 0 Å². The van der Waals surface area contributed by atoms with E-state index in [0.29, 0.717) is 21.9 Å². The summed E-state index contributed by atoms with van der Waals surface area (Å²) in [6.07, 6.45) is 1.42. The van der Waals surface area contributed by atoms with Crippen molar-refractivity contribution in [2.45, 2.75) is 0 Å². The predicted molar refractivity (Wildman–Crippen MR) is 80.6 cm³/mol. The van der Waals surface area contributed by atoms with Crippen molar-refractivity contribution in [3.05, 3.63) is 46.4 Å². The molecule has 3 rings (SSSR count). The second-order valence-corrected chi connectivity index (χ2v) is 4.97. The van der Waals surface area contributed by atoms with E-state index in [9.17, 15) is 4.79 Å². The minimum absolute atomic E-state index is 0.0449. The summed E-state index contributed by atoms with van der Waals surface area (Å²) in [7, 11) is 0. The molecule has 3 N–H and O–H groups in total. The van der Waals surface area contributed by atoms with Gasteiger partial charge in [-0.05, 0) is 24.3 Å². The molecule has 6 nitrogen and oxygen atoms in total. The lowest BCUT2D eigenvalue weighted by Gasteiger charge is -2.02. The molecule has 0 saturated heterocycles. The van der Waals surface area contributed by atoms with Crippen LogP contribution in [0.2, 0.25) is 10.2 Å². The first-order valence-electron chi connectivity index (χ1n) is 5.82. The van der Waals surface area contributed by atoms with Crippen LogP contribution in [0.5, 0.6) is 0 Å². The molecule has 0 unspecified atom stereocenters. The van der Waals surface area contributed by atoms with Crippen LogP contribution in [0.3, 0.4) is 0 Å². The molecule has 0 aliphatic rings. The lowest BCUT2D eigenvalue weighted by molar-refractivity contribution is 0.0999. The molecule has 0 spiro atoms. The summed E-state index contributed by atoms with van der Waals surface area (Å²) < 4.78 is 5.40. The number of hydrogen-bond acceptors (Lipinski definition) is 5. The van der Waals surface area contributed by atoms with Crippen LogP contribution in [0.25, 0.3) is 11.1 Å². The van der Waals surface area contributed by atoms with Crippen LogP contribution >= 0.6 is 23.2 Å². The van der Waals surface area contributed by atoms with Crippen LogP contribution in [0.1, 0.15) is 10.6 Å². The summed E-state index contributed by atoms with van der Waals surface area (Å²) in [5, 5.41) is 3.29. The lowest BCUT2D eigenvalue weighted by atomic mass is 10.3. The monoisotopic (exact) mass is 322 g/mol. The van der Waals surface area contributed by atoms with E-state index in [-0.39, 0.29) is 16.6 Å². The van der Waals surface area contributed by atoms with Gasteiger partial charge in [0.05, 0.1) is 5.02 Å². The summed E-state index contributed by atoms with van der Waals surface area (Å²) in [6, 6.07) is 6.31. The van der Waals surface area contributed by atoms with Crippen LogP contribution < -0.4 is 11.1 Å². The molecule has 3 aromatic heterocycles. The lowest BCUT2D eigenvalue weighted by Crippen LogP contribution is -2.13. The van der Waals surface area contributed by atoms with Crippen LogP contribution in [0.15, 0.2) is 34.9 Å². The molecule has 0 bridgehead atoms. The summed E-state index contributed by atoms with van der Waals surface area (Å²) in [4.78, 5) is 20.1. The van der Waals surface area contributed by atoms with Crippen LogP contribution in [0, 0.1) is 0 Å². The van der Waals surface area contributed by atoms with E-state index < -0.39 is 5.91 Å². The molecule has 0 aromatic carbocycles. The Morgan fingerprint density at radius 1 is 1.24 bits per heavy atom. The first kappa shape index (κ1) is 13.7. The maximum atomic E-state index is 12.2. The molecule has 0 radical (unpaired) electrons. The zero-order valence-corrected chi connectivity index (χ0v) is 11.9. The molecule has 106 valence electrons. The quantitative estimate of drug-likeness (QED) is 0.705. The minimum Gasteiger partial charge on any atom is -0.447 e. The maximum absolute atomic E-state index is 12.2. The number of carbonyl (C=O) groups is 1. The number of halogens is 2.